The maximum atomic E-state index is 11.8. The summed E-state index contributed by atoms with van der Waals surface area (Å²) < 4.78 is 22.1. The molecule has 1 atom stereocenters. The number of sulfonamides is 1. The van der Waals surface area contributed by atoms with Gasteiger partial charge in [0.05, 0.1) is 10.9 Å². The van der Waals surface area contributed by atoms with Gasteiger partial charge in [-0.1, -0.05) is 13.8 Å². The van der Waals surface area contributed by atoms with Crippen LogP contribution in [0.15, 0.2) is 29.2 Å². The summed E-state index contributed by atoms with van der Waals surface area (Å²) in [4.78, 5) is 11.7. The highest BCUT2D eigenvalue weighted by molar-refractivity contribution is 7.89. The van der Waals surface area contributed by atoms with Gasteiger partial charge >= 0.3 is 0 Å². The van der Waals surface area contributed by atoms with Crippen LogP contribution >= 0.6 is 0 Å². The highest BCUT2D eigenvalue weighted by Crippen LogP contribution is 2.13. The van der Waals surface area contributed by atoms with E-state index in [4.69, 9.17) is 10.9 Å². The molecule has 7 heteroatoms. The number of nitrogens with two attached hydrogens (primary N) is 2. The lowest BCUT2D eigenvalue weighted by atomic mass is 10.0. The summed E-state index contributed by atoms with van der Waals surface area (Å²) in [7, 11) is -3.72. The van der Waals surface area contributed by atoms with Crippen molar-refractivity contribution in [1.29, 1.82) is 0 Å². The van der Waals surface area contributed by atoms with Crippen molar-refractivity contribution in [2.75, 3.05) is 5.32 Å². The second-order valence-electron chi connectivity index (χ2n) is 4.79. The first kappa shape index (κ1) is 15.6. The molecule has 0 saturated heterocycles. The van der Waals surface area contributed by atoms with E-state index < -0.39 is 16.1 Å². The Hall–Kier alpha value is -1.44. The number of rotatable bonds is 5. The first-order valence-corrected chi connectivity index (χ1v) is 7.44. The van der Waals surface area contributed by atoms with Crippen molar-refractivity contribution in [3.63, 3.8) is 0 Å². The summed E-state index contributed by atoms with van der Waals surface area (Å²) >= 11 is 0. The van der Waals surface area contributed by atoms with Crippen LogP contribution in [0.25, 0.3) is 0 Å². The first-order chi connectivity index (χ1) is 8.70. The SMILES string of the molecule is CC(C)CC(N)C(=O)Nc1ccc(S(N)(=O)=O)cc1. The molecule has 0 heterocycles. The second kappa shape index (κ2) is 6.14. The van der Waals surface area contributed by atoms with Crippen molar-refractivity contribution in [3.8, 4) is 0 Å². The number of hydrogen-bond donors (Lipinski definition) is 3. The zero-order chi connectivity index (χ0) is 14.6. The van der Waals surface area contributed by atoms with E-state index in [2.05, 4.69) is 5.32 Å². The van der Waals surface area contributed by atoms with E-state index in [1.54, 1.807) is 0 Å². The molecular weight excluding hydrogens is 266 g/mol. The Balaban J connectivity index is 2.71. The largest absolute Gasteiger partial charge is 0.325 e. The Bertz CT molecular complexity index is 538. The van der Waals surface area contributed by atoms with Crippen LogP contribution in [0.3, 0.4) is 0 Å². The van der Waals surface area contributed by atoms with E-state index in [-0.39, 0.29) is 10.8 Å². The third-order valence-electron chi connectivity index (χ3n) is 2.51. The van der Waals surface area contributed by atoms with E-state index in [9.17, 15) is 13.2 Å². The monoisotopic (exact) mass is 285 g/mol. The van der Waals surface area contributed by atoms with E-state index in [1.165, 1.54) is 24.3 Å². The molecule has 1 unspecified atom stereocenters. The molecule has 0 aliphatic heterocycles. The van der Waals surface area contributed by atoms with Crippen LogP contribution < -0.4 is 16.2 Å². The lowest BCUT2D eigenvalue weighted by molar-refractivity contribution is -0.117. The Morgan fingerprint density at radius 2 is 1.79 bits per heavy atom. The quantitative estimate of drug-likeness (QED) is 0.736. The minimum atomic E-state index is -3.72. The zero-order valence-electron chi connectivity index (χ0n) is 11.0. The van der Waals surface area contributed by atoms with E-state index in [1.807, 2.05) is 13.8 Å². The summed E-state index contributed by atoms with van der Waals surface area (Å²) in [6.45, 7) is 3.96. The molecule has 1 aromatic rings. The minimum absolute atomic E-state index is 0.00280. The first-order valence-electron chi connectivity index (χ1n) is 5.89. The number of amides is 1. The number of primary sulfonamides is 1. The molecule has 5 N–H and O–H groups in total. The standard InChI is InChI=1S/C12H19N3O3S/c1-8(2)7-11(13)12(16)15-9-3-5-10(6-4-9)19(14,17)18/h3-6,8,11H,7,13H2,1-2H3,(H,15,16)(H2,14,17,18). The van der Waals surface area contributed by atoms with Crippen molar-refractivity contribution in [3.05, 3.63) is 24.3 Å². The molecule has 0 aliphatic carbocycles. The van der Waals surface area contributed by atoms with Gasteiger partial charge in [0.1, 0.15) is 0 Å². The number of nitrogens with one attached hydrogen (secondary N) is 1. The van der Waals surface area contributed by atoms with E-state index in [0.29, 0.717) is 18.0 Å². The Morgan fingerprint density at radius 3 is 2.21 bits per heavy atom. The molecular formula is C12H19N3O3S. The van der Waals surface area contributed by atoms with Gasteiger partial charge in [-0.2, -0.15) is 0 Å². The molecule has 19 heavy (non-hydrogen) atoms. The molecule has 1 rings (SSSR count). The zero-order valence-corrected chi connectivity index (χ0v) is 11.8. The van der Waals surface area contributed by atoms with Crippen LogP contribution in [0.5, 0.6) is 0 Å². The van der Waals surface area contributed by atoms with Crippen LogP contribution in [0.4, 0.5) is 5.69 Å². The van der Waals surface area contributed by atoms with Gasteiger partial charge in [-0.3, -0.25) is 4.79 Å². The van der Waals surface area contributed by atoms with Gasteiger partial charge in [0, 0.05) is 5.69 Å². The topological polar surface area (TPSA) is 115 Å². The predicted octanol–water partition coefficient (Wildman–Crippen LogP) is 0.646. The third-order valence-corrected chi connectivity index (χ3v) is 3.44. The summed E-state index contributed by atoms with van der Waals surface area (Å²) in [6, 6.07) is 5.02. The van der Waals surface area contributed by atoms with Gasteiger partial charge in [0.15, 0.2) is 0 Å². The number of anilines is 1. The van der Waals surface area contributed by atoms with Crippen molar-refractivity contribution in [2.45, 2.75) is 31.2 Å². The third kappa shape index (κ3) is 4.98. The van der Waals surface area contributed by atoms with Gasteiger partial charge in [-0.15, -0.1) is 0 Å². The van der Waals surface area contributed by atoms with Gasteiger partial charge in [0.25, 0.3) is 0 Å². The maximum Gasteiger partial charge on any atom is 0.241 e. The highest BCUT2D eigenvalue weighted by atomic mass is 32.2. The van der Waals surface area contributed by atoms with Crippen molar-refractivity contribution < 1.29 is 13.2 Å². The smallest absolute Gasteiger partial charge is 0.241 e. The lowest BCUT2D eigenvalue weighted by Gasteiger charge is -2.14. The van der Waals surface area contributed by atoms with Crippen LogP contribution in [-0.2, 0) is 14.8 Å². The normalized spacial score (nSPS) is 13.3. The minimum Gasteiger partial charge on any atom is -0.325 e. The predicted molar refractivity (Wildman–Crippen MR) is 73.9 cm³/mol. The van der Waals surface area contributed by atoms with Gasteiger partial charge < -0.3 is 11.1 Å². The molecule has 6 nitrogen and oxygen atoms in total. The van der Waals surface area contributed by atoms with Crippen LogP contribution in [0, 0.1) is 5.92 Å². The fraction of sp³-hybridized carbons (Fsp3) is 0.417. The molecule has 0 saturated carbocycles. The fourth-order valence-electron chi connectivity index (χ4n) is 1.58. The van der Waals surface area contributed by atoms with Crippen molar-refractivity contribution in [2.24, 2.45) is 16.8 Å². The van der Waals surface area contributed by atoms with Crippen molar-refractivity contribution >= 4 is 21.6 Å². The lowest BCUT2D eigenvalue weighted by Crippen LogP contribution is -2.36. The number of carbonyl (C=O) groups excluding carboxylic acids is 1. The molecule has 0 spiro atoms. The second-order valence-corrected chi connectivity index (χ2v) is 6.36. The Labute approximate surface area is 113 Å². The molecule has 0 aromatic heterocycles. The Kier molecular flexibility index (Phi) is 5.04. The molecule has 0 radical (unpaired) electrons. The molecule has 1 aromatic carbocycles. The Morgan fingerprint density at radius 1 is 1.26 bits per heavy atom. The summed E-state index contributed by atoms with van der Waals surface area (Å²) in [5.41, 5.74) is 6.22. The number of hydrogen-bond acceptors (Lipinski definition) is 4. The fourth-order valence-corrected chi connectivity index (χ4v) is 2.09. The van der Waals surface area contributed by atoms with Crippen molar-refractivity contribution in [1.82, 2.24) is 0 Å². The van der Waals surface area contributed by atoms with Crippen LogP contribution in [0.2, 0.25) is 0 Å². The summed E-state index contributed by atoms with van der Waals surface area (Å²) in [5.74, 6) is 0.0302. The van der Waals surface area contributed by atoms with Crippen LogP contribution in [-0.4, -0.2) is 20.4 Å². The molecule has 0 bridgehead atoms. The average Bonchev–Trinajstić information content (AvgIpc) is 2.27. The van der Waals surface area contributed by atoms with Gasteiger partial charge in [-0.05, 0) is 36.6 Å². The van der Waals surface area contributed by atoms with Gasteiger partial charge in [-0.25, -0.2) is 13.6 Å². The summed E-state index contributed by atoms with van der Waals surface area (Å²) in [6.07, 6.45) is 0.584. The van der Waals surface area contributed by atoms with E-state index >= 15 is 0 Å². The molecule has 106 valence electrons. The number of carbonyl (C=O) groups is 1. The van der Waals surface area contributed by atoms with Gasteiger partial charge in [0.2, 0.25) is 15.9 Å². The molecule has 0 fully saturated rings. The maximum absolute atomic E-state index is 11.8. The highest BCUT2D eigenvalue weighted by Gasteiger charge is 2.15. The van der Waals surface area contributed by atoms with E-state index in [0.717, 1.165) is 0 Å². The molecule has 1 amide bonds. The van der Waals surface area contributed by atoms with Crippen LogP contribution in [0.1, 0.15) is 20.3 Å². The number of benzene rings is 1. The summed E-state index contributed by atoms with van der Waals surface area (Å²) in [5, 5.41) is 7.60. The molecule has 0 aliphatic rings. The average molecular weight is 285 g/mol.